The van der Waals surface area contributed by atoms with Crippen LogP contribution in [0.4, 0.5) is 0 Å². The van der Waals surface area contributed by atoms with Gasteiger partial charge in [-0.15, -0.1) is 0 Å². The summed E-state index contributed by atoms with van der Waals surface area (Å²) in [6, 6.07) is 8.97. The first-order valence-electron chi connectivity index (χ1n) is 8.10. The highest BCUT2D eigenvalue weighted by Crippen LogP contribution is 2.29. The fraction of sp³-hybridized carbons (Fsp3) is 0.611. The summed E-state index contributed by atoms with van der Waals surface area (Å²) in [5.41, 5.74) is 2.52. The molecule has 0 spiro atoms. The molecule has 3 heteroatoms. The van der Waals surface area contributed by atoms with Gasteiger partial charge in [-0.1, -0.05) is 58.9 Å². The second-order valence-electron chi connectivity index (χ2n) is 6.63. The Bertz CT molecular complexity index is 478. The van der Waals surface area contributed by atoms with Crippen LogP contribution in [0, 0.1) is 5.92 Å². The van der Waals surface area contributed by atoms with Crippen LogP contribution in [-0.2, 0) is 4.79 Å². The van der Waals surface area contributed by atoms with Crippen molar-refractivity contribution in [3.63, 3.8) is 0 Å². The van der Waals surface area contributed by atoms with Crippen molar-refractivity contribution in [1.29, 1.82) is 0 Å². The van der Waals surface area contributed by atoms with Crippen molar-refractivity contribution in [1.82, 2.24) is 10.2 Å². The summed E-state index contributed by atoms with van der Waals surface area (Å²) in [5, 5.41) is 3.37. The molecule has 116 valence electrons. The standard InChI is InChI=1S/C18H28N2O/c1-6-16(13(4)5)20-17(21)11-19-18(20)15-9-7-14(8-10-15)12(2)3/h7-10,12-13,16,18-19H,6,11H2,1-5H3. The van der Waals surface area contributed by atoms with Crippen LogP contribution in [0.2, 0.25) is 0 Å². The van der Waals surface area contributed by atoms with Gasteiger partial charge in [0, 0.05) is 6.04 Å². The molecule has 0 aliphatic carbocycles. The number of amides is 1. The van der Waals surface area contributed by atoms with Gasteiger partial charge in [0.15, 0.2) is 0 Å². The highest BCUT2D eigenvalue weighted by Gasteiger charge is 2.37. The van der Waals surface area contributed by atoms with Crippen LogP contribution in [0.1, 0.15) is 64.3 Å². The van der Waals surface area contributed by atoms with E-state index in [4.69, 9.17) is 0 Å². The molecule has 1 aliphatic rings. The van der Waals surface area contributed by atoms with Crippen LogP contribution in [0.15, 0.2) is 24.3 Å². The summed E-state index contributed by atoms with van der Waals surface area (Å²) >= 11 is 0. The highest BCUT2D eigenvalue weighted by atomic mass is 16.2. The number of rotatable bonds is 5. The number of nitrogens with zero attached hydrogens (tertiary/aromatic N) is 1. The fourth-order valence-electron chi connectivity index (χ4n) is 3.22. The zero-order chi connectivity index (χ0) is 15.6. The largest absolute Gasteiger partial charge is 0.319 e. The number of hydrogen-bond acceptors (Lipinski definition) is 2. The van der Waals surface area contributed by atoms with E-state index in [9.17, 15) is 4.79 Å². The van der Waals surface area contributed by atoms with Crippen LogP contribution in [-0.4, -0.2) is 23.4 Å². The van der Waals surface area contributed by atoms with E-state index in [0.717, 1.165) is 6.42 Å². The van der Waals surface area contributed by atoms with E-state index in [0.29, 0.717) is 24.4 Å². The summed E-state index contributed by atoms with van der Waals surface area (Å²) in [4.78, 5) is 14.4. The number of carbonyl (C=O) groups excluding carboxylic acids is 1. The molecular formula is C18H28N2O. The highest BCUT2D eigenvalue weighted by molar-refractivity contribution is 5.81. The van der Waals surface area contributed by atoms with Crippen LogP contribution in [0.25, 0.3) is 0 Å². The molecule has 3 nitrogen and oxygen atoms in total. The minimum atomic E-state index is 0.0195. The Kier molecular flexibility index (Phi) is 5.04. The Hall–Kier alpha value is -1.35. The van der Waals surface area contributed by atoms with Crippen LogP contribution >= 0.6 is 0 Å². The smallest absolute Gasteiger partial charge is 0.238 e. The van der Waals surface area contributed by atoms with Gasteiger partial charge in [0.05, 0.1) is 6.54 Å². The van der Waals surface area contributed by atoms with Gasteiger partial charge in [-0.25, -0.2) is 0 Å². The van der Waals surface area contributed by atoms with E-state index in [2.05, 4.69) is 69.1 Å². The summed E-state index contributed by atoms with van der Waals surface area (Å²) in [6.07, 6.45) is 1.01. The molecule has 2 atom stereocenters. The molecule has 21 heavy (non-hydrogen) atoms. The maximum Gasteiger partial charge on any atom is 0.238 e. The lowest BCUT2D eigenvalue weighted by Crippen LogP contribution is -2.42. The van der Waals surface area contributed by atoms with Gasteiger partial charge in [0.1, 0.15) is 6.17 Å². The molecule has 0 bridgehead atoms. The van der Waals surface area contributed by atoms with Gasteiger partial charge in [0.25, 0.3) is 0 Å². The van der Waals surface area contributed by atoms with Crippen molar-refractivity contribution in [2.45, 2.75) is 59.2 Å². The minimum absolute atomic E-state index is 0.0195. The van der Waals surface area contributed by atoms with Crippen LogP contribution in [0.3, 0.4) is 0 Å². The second-order valence-corrected chi connectivity index (χ2v) is 6.63. The Morgan fingerprint density at radius 1 is 1.19 bits per heavy atom. The second kappa shape index (κ2) is 6.61. The Morgan fingerprint density at radius 3 is 2.29 bits per heavy atom. The summed E-state index contributed by atoms with van der Waals surface area (Å²) in [7, 11) is 0. The predicted molar refractivity (Wildman–Crippen MR) is 87.0 cm³/mol. The Balaban J connectivity index is 2.26. The van der Waals surface area contributed by atoms with Crippen molar-refractivity contribution in [3.8, 4) is 0 Å². The quantitative estimate of drug-likeness (QED) is 0.896. The number of carbonyl (C=O) groups is 1. The van der Waals surface area contributed by atoms with Crippen molar-refractivity contribution in [2.24, 2.45) is 5.92 Å². The van der Waals surface area contributed by atoms with E-state index >= 15 is 0 Å². The first kappa shape index (κ1) is 16.0. The molecule has 1 amide bonds. The van der Waals surface area contributed by atoms with Crippen LogP contribution in [0.5, 0.6) is 0 Å². The maximum absolute atomic E-state index is 12.3. The summed E-state index contributed by atoms with van der Waals surface area (Å²) < 4.78 is 0. The van der Waals surface area contributed by atoms with E-state index < -0.39 is 0 Å². The molecular weight excluding hydrogens is 260 g/mol. The molecule has 1 saturated heterocycles. The molecule has 1 N–H and O–H groups in total. The molecule has 1 aromatic carbocycles. The predicted octanol–water partition coefficient (Wildman–Crippen LogP) is 3.68. The van der Waals surface area contributed by atoms with Gasteiger partial charge >= 0.3 is 0 Å². The molecule has 0 aromatic heterocycles. The van der Waals surface area contributed by atoms with E-state index in [1.807, 2.05) is 0 Å². The lowest BCUT2D eigenvalue weighted by molar-refractivity contribution is -0.131. The maximum atomic E-state index is 12.3. The summed E-state index contributed by atoms with van der Waals surface area (Å²) in [5.74, 6) is 1.22. The van der Waals surface area contributed by atoms with E-state index in [1.54, 1.807) is 0 Å². The van der Waals surface area contributed by atoms with Gasteiger partial charge < -0.3 is 4.90 Å². The number of hydrogen-bond donors (Lipinski definition) is 1. The summed E-state index contributed by atoms with van der Waals surface area (Å²) in [6.45, 7) is 11.4. The Labute approximate surface area is 128 Å². The first-order chi connectivity index (χ1) is 9.95. The molecule has 2 unspecified atom stereocenters. The SMILES string of the molecule is CCC(C(C)C)N1C(=O)CNC1c1ccc(C(C)C)cc1. The number of benzene rings is 1. The lowest BCUT2D eigenvalue weighted by atomic mass is 9.97. The van der Waals surface area contributed by atoms with Crippen LogP contribution < -0.4 is 5.32 Å². The van der Waals surface area contributed by atoms with Crippen molar-refractivity contribution in [2.75, 3.05) is 6.54 Å². The Morgan fingerprint density at radius 2 is 1.81 bits per heavy atom. The topological polar surface area (TPSA) is 32.3 Å². The van der Waals surface area contributed by atoms with Gasteiger partial charge in [-0.2, -0.15) is 0 Å². The third kappa shape index (κ3) is 3.29. The van der Waals surface area contributed by atoms with Gasteiger partial charge in [-0.3, -0.25) is 10.1 Å². The zero-order valence-electron chi connectivity index (χ0n) is 13.9. The third-order valence-corrected chi connectivity index (χ3v) is 4.48. The molecule has 1 aliphatic heterocycles. The average molecular weight is 288 g/mol. The van der Waals surface area contributed by atoms with E-state index in [1.165, 1.54) is 11.1 Å². The molecule has 1 fully saturated rings. The van der Waals surface area contributed by atoms with E-state index in [-0.39, 0.29) is 12.1 Å². The first-order valence-corrected chi connectivity index (χ1v) is 8.10. The number of nitrogens with one attached hydrogen (secondary N) is 1. The molecule has 0 saturated carbocycles. The zero-order valence-corrected chi connectivity index (χ0v) is 13.9. The molecule has 1 heterocycles. The van der Waals surface area contributed by atoms with Crippen molar-refractivity contribution >= 4 is 5.91 Å². The lowest BCUT2D eigenvalue weighted by Gasteiger charge is -2.35. The van der Waals surface area contributed by atoms with Gasteiger partial charge in [0.2, 0.25) is 5.91 Å². The fourth-order valence-corrected chi connectivity index (χ4v) is 3.22. The molecule has 2 rings (SSSR count). The normalized spacial score (nSPS) is 20.6. The van der Waals surface area contributed by atoms with Crippen molar-refractivity contribution in [3.05, 3.63) is 35.4 Å². The minimum Gasteiger partial charge on any atom is -0.319 e. The third-order valence-electron chi connectivity index (χ3n) is 4.48. The van der Waals surface area contributed by atoms with Crippen molar-refractivity contribution < 1.29 is 4.79 Å². The average Bonchev–Trinajstić information content (AvgIpc) is 2.82. The molecule has 1 aromatic rings. The molecule has 0 radical (unpaired) electrons. The monoisotopic (exact) mass is 288 g/mol. The van der Waals surface area contributed by atoms with Gasteiger partial charge in [-0.05, 0) is 29.4 Å².